The number of benzene rings is 1. The van der Waals surface area contributed by atoms with Gasteiger partial charge in [-0.15, -0.1) is 0 Å². The molecule has 6 heteroatoms. The third-order valence-electron chi connectivity index (χ3n) is 2.68. The first-order chi connectivity index (χ1) is 9.63. The average molecular weight is 335 g/mol. The fourth-order valence-electron chi connectivity index (χ4n) is 1.73. The lowest BCUT2D eigenvalue weighted by Gasteiger charge is -2.07. The van der Waals surface area contributed by atoms with Crippen LogP contribution < -0.4 is 4.74 Å². The normalized spacial score (nSPS) is 10.7. The molecule has 0 bridgehead atoms. The zero-order chi connectivity index (χ0) is 14.1. The lowest BCUT2D eigenvalue weighted by atomic mass is 10.2. The number of pyridine rings is 2. The van der Waals surface area contributed by atoms with E-state index in [9.17, 15) is 9.50 Å². The summed E-state index contributed by atoms with van der Waals surface area (Å²) < 4.78 is 18.9. The molecular formula is C14H8BrFN2O2. The van der Waals surface area contributed by atoms with E-state index in [2.05, 4.69) is 25.9 Å². The Hall–Kier alpha value is -2.21. The van der Waals surface area contributed by atoms with Crippen LogP contribution in [-0.4, -0.2) is 15.1 Å². The van der Waals surface area contributed by atoms with Crippen molar-refractivity contribution in [2.24, 2.45) is 0 Å². The first-order valence-electron chi connectivity index (χ1n) is 5.71. The van der Waals surface area contributed by atoms with E-state index in [1.54, 1.807) is 12.1 Å². The Morgan fingerprint density at radius 1 is 1.10 bits per heavy atom. The van der Waals surface area contributed by atoms with Crippen LogP contribution in [0.1, 0.15) is 0 Å². The second kappa shape index (κ2) is 5.05. The molecule has 2 aromatic heterocycles. The van der Waals surface area contributed by atoms with Gasteiger partial charge in [-0.1, -0.05) is 0 Å². The minimum absolute atomic E-state index is 0.0454. The summed E-state index contributed by atoms with van der Waals surface area (Å²) >= 11 is 3.27. The van der Waals surface area contributed by atoms with Gasteiger partial charge < -0.3 is 9.84 Å². The maximum atomic E-state index is 12.8. The molecule has 0 spiro atoms. The molecule has 3 aromatic rings. The van der Waals surface area contributed by atoms with Crippen molar-refractivity contribution in [2.75, 3.05) is 0 Å². The third-order valence-corrected chi connectivity index (χ3v) is 3.26. The van der Waals surface area contributed by atoms with Crippen LogP contribution in [0.25, 0.3) is 10.9 Å². The van der Waals surface area contributed by atoms with Gasteiger partial charge in [-0.25, -0.2) is 14.4 Å². The van der Waals surface area contributed by atoms with Crippen molar-refractivity contribution in [1.82, 2.24) is 9.97 Å². The van der Waals surface area contributed by atoms with Crippen molar-refractivity contribution < 1.29 is 14.2 Å². The van der Waals surface area contributed by atoms with Crippen molar-refractivity contribution in [3.63, 3.8) is 0 Å². The topological polar surface area (TPSA) is 55.2 Å². The number of ether oxygens (including phenoxy) is 1. The zero-order valence-corrected chi connectivity index (χ0v) is 11.6. The highest BCUT2D eigenvalue weighted by molar-refractivity contribution is 9.10. The van der Waals surface area contributed by atoms with Gasteiger partial charge in [0.25, 0.3) is 0 Å². The molecule has 20 heavy (non-hydrogen) atoms. The molecule has 100 valence electrons. The van der Waals surface area contributed by atoms with Gasteiger partial charge in [0.05, 0.1) is 6.20 Å². The van der Waals surface area contributed by atoms with E-state index < -0.39 is 0 Å². The van der Waals surface area contributed by atoms with Gasteiger partial charge in [0.1, 0.15) is 27.4 Å². The largest absolute Gasteiger partial charge is 0.506 e. The minimum atomic E-state index is -0.333. The van der Waals surface area contributed by atoms with Gasteiger partial charge in [0, 0.05) is 11.5 Å². The summed E-state index contributed by atoms with van der Waals surface area (Å²) in [6.07, 6.45) is 1.34. The lowest BCUT2D eigenvalue weighted by Crippen LogP contribution is -1.91. The number of hydrogen-bond acceptors (Lipinski definition) is 4. The quantitative estimate of drug-likeness (QED) is 0.719. The van der Waals surface area contributed by atoms with Crippen molar-refractivity contribution in [1.29, 1.82) is 0 Å². The van der Waals surface area contributed by atoms with Gasteiger partial charge >= 0.3 is 0 Å². The lowest BCUT2D eigenvalue weighted by molar-refractivity contribution is 0.462. The fraction of sp³-hybridized carbons (Fsp3) is 0. The predicted octanol–water partition coefficient (Wildman–Crippen LogP) is 4.03. The maximum Gasteiger partial charge on any atom is 0.219 e. The second-order valence-electron chi connectivity index (χ2n) is 4.04. The van der Waals surface area contributed by atoms with Gasteiger partial charge in [-0.05, 0) is 46.3 Å². The summed E-state index contributed by atoms with van der Waals surface area (Å²) in [5.41, 5.74) is 0.490. The molecule has 2 heterocycles. The summed E-state index contributed by atoms with van der Waals surface area (Å²) in [6.45, 7) is 0. The van der Waals surface area contributed by atoms with Crippen LogP contribution in [-0.2, 0) is 0 Å². The summed E-state index contributed by atoms with van der Waals surface area (Å²) in [4.78, 5) is 8.23. The number of nitrogens with zero attached hydrogens (tertiary/aromatic N) is 2. The maximum absolute atomic E-state index is 12.8. The molecule has 0 saturated heterocycles. The standard InChI is InChI=1S/C14H8BrFN2O2/c15-14-13-10(11(19)7-17-14)5-6-12(18-13)20-9-3-1-8(16)2-4-9/h1-7,19H. The van der Waals surface area contributed by atoms with E-state index in [-0.39, 0.29) is 11.6 Å². The Balaban J connectivity index is 2.01. The highest BCUT2D eigenvalue weighted by atomic mass is 79.9. The van der Waals surface area contributed by atoms with E-state index in [4.69, 9.17) is 4.74 Å². The van der Waals surface area contributed by atoms with Crippen LogP contribution in [0.15, 0.2) is 47.2 Å². The number of aromatic hydroxyl groups is 1. The van der Waals surface area contributed by atoms with Gasteiger partial charge in [-0.3, -0.25) is 0 Å². The van der Waals surface area contributed by atoms with Crippen LogP contribution in [0.5, 0.6) is 17.4 Å². The molecule has 0 saturated carbocycles. The van der Waals surface area contributed by atoms with Crippen LogP contribution in [0.4, 0.5) is 4.39 Å². The Labute approximate surface area is 122 Å². The predicted molar refractivity (Wildman–Crippen MR) is 75.4 cm³/mol. The number of hydrogen-bond donors (Lipinski definition) is 1. The number of halogens is 2. The van der Waals surface area contributed by atoms with Crippen LogP contribution >= 0.6 is 15.9 Å². The summed E-state index contributed by atoms with van der Waals surface area (Å²) in [5.74, 6) is 0.518. The fourth-order valence-corrected chi connectivity index (χ4v) is 2.14. The molecule has 3 rings (SSSR count). The van der Waals surface area contributed by atoms with Crippen molar-refractivity contribution in [3.05, 3.63) is 53.0 Å². The molecule has 1 aromatic carbocycles. The molecule has 0 aliphatic rings. The van der Waals surface area contributed by atoms with Crippen LogP contribution in [0.3, 0.4) is 0 Å². The van der Waals surface area contributed by atoms with Crippen LogP contribution in [0.2, 0.25) is 0 Å². The van der Waals surface area contributed by atoms with Gasteiger partial charge in [0.15, 0.2) is 0 Å². The van der Waals surface area contributed by atoms with E-state index in [0.29, 0.717) is 27.1 Å². The monoisotopic (exact) mass is 334 g/mol. The average Bonchev–Trinajstić information content (AvgIpc) is 2.46. The van der Waals surface area contributed by atoms with E-state index in [1.165, 1.54) is 30.5 Å². The van der Waals surface area contributed by atoms with Gasteiger partial charge in [-0.2, -0.15) is 0 Å². The first kappa shape index (κ1) is 12.8. The second-order valence-corrected chi connectivity index (χ2v) is 4.79. The number of rotatable bonds is 2. The Morgan fingerprint density at radius 2 is 1.85 bits per heavy atom. The Morgan fingerprint density at radius 3 is 2.60 bits per heavy atom. The van der Waals surface area contributed by atoms with Crippen molar-refractivity contribution in [3.8, 4) is 17.4 Å². The molecule has 0 radical (unpaired) electrons. The molecule has 0 unspecified atom stereocenters. The molecular weight excluding hydrogens is 327 g/mol. The first-order valence-corrected chi connectivity index (χ1v) is 6.50. The molecule has 0 atom stereocenters. The zero-order valence-electron chi connectivity index (χ0n) is 10.0. The van der Waals surface area contributed by atoms with E-state index in [0.717, 1.165) is 0 Å². The molecule has 0 aliphatic heterocycles. The summed E-state index contributed by atoms with van der Waals surface area (Å²) in [5, 5.41) is 10.3. The molecule has 0 aliphatic carbocycles. The molecule has 1 N–H and O–H groups in total. The molecule has 0 fully saturated rings. The van der Waals surface area contributed by atoms with Crippen LogP contribution in [0, 0.1) is 5.82 Å². The molecule has 4 nitrogen and oxygen atoms in total. The van der Waals surface area contributed by atoms with E-state index >= 15 is 0 Å². The summed E-state index contributed by atoms with van der Waals surface area (Å²) in [6, 6.07) is 8.94. The molecule has 0 amide bonds. The number of fused-ring (bicyclic) bond motifs is 1. The van der Waals surface area contributed by atoms with Gasteiger partial charge in [0.2, 0.25) is 5.88 Å². The third kappa shape index (κ3) is 2.42. The number of aromatic nitrogens is 2. The highest BCUT2D eigenvalue weighted by Crippen LogP contribution is 2.30. The Kier molecular flexibility index (Phi) is 3.23. The summed E-state index contributed by atoms with van der Waals surface area (Å²) in [7, 11) is 0. The minimum Gasteiger partial charge on any atom is -0.506 e. The van der Waals surface area contributed by atoms with E-state index in [1.807, 2.05) is 0 Å². The smallest absolute Gasteiger partial charge is 0.219 e. The Bertz CT molecular complexity index is 778. The van der Waals surface area contributed by atoms with Crippen molar-refractivity contribution >= 4 is 26.8 Å². The SMILES string of the molecule is Oc1cnc(Br)c2nc(Oc3ccc(F)cc3)ccc12. The highest BCUT2D eigenvalue weighted by Gasteiger charge is 2.08. The van der Waals surface area contributed by atoms with Crippen molar-refractivity contribution in [2.45, 2.75) is 0 Å².